The van der Waals surface area contributed by atoms with Crippen molar-refractivity contribution in [1.29, 1.82) is 0 Å². The van der Waals surface area contributed by atoms with E-state index in [1.807, 2.05) is 0 Å². The van der Waals surface area contributed by atoms with Crippen LogP contribution >= 0.6 is 0 Å². The van der Waals surface area contributed by atoms with Gasteiger partial charge in [0.1, 0.15) is 5.60 Å². The normalized spacial score (nSPS) is 24.5. The maximum absolute atomic E-state index is 5.53. The smallest absolute Gasteiger partial charge is 0.126 e. The number of rotatable bonds is 2. The second kappa shape index (κ2) is 4.01. The summed E-state index contributed by atoms with van der Waals surface area (Å²) in [7, 11) is 1.63. The van der Waals surface area contributed by atoms with Gasteiger partial charge in [0, 0.05) is 13.7 Å². The number of hydrogen-bond donors (Lipinski definition) is 1. The van der Waals surface area contributed by atoms with Crippen LogP contribution in [0.5, 0.6) is 0 Å². The largest absolute Gasteiger partial charge is 0.376 e. The van der Waals surface area contributed by atoms with E-state index in [2.05, 4.69) is 0 Å². The van der Waals surface area contributed by atoms with Crippen LogP contribution in [0.1, 0.15) is 0 Å². The van der Waals surface area contributed by atoms with E-state index in [0.717, 1.165) is 0 Å². The first-order chi connectivity index (χ1) is 5.33. The Hall–Kier alpha value is -0.160. The van der Waals surface area contributed by atoms with E-state index in [1.54, 1.807) is 7.11 Å². The van der Waals surface area contributed by atoms with Crippen LogP contribution in [0.15, 0.2) is 0 Å². The predicted octanol–water partition coefficient (Wildman–Crippen LogP) is -0.623. The van der Waals surface area contributed by atoms with Crippen LogP contribution in [0.2, 0.25) is 0 Å². The molecule has 1 rings (SSSR count). The third-order valence-electron chi connectivity index (χ3n) is 1.91. The Kier molecular flexibility index (Phi) is 3.26. The minimum Gasteiger partial charge on any atom is -0.376 e. The van der Waals surface area contributed by atoms with Crippen LogP contribution in [0, 0.1) is 0 Å². The number of methoxy groups -OCH3 is 1. The van der Waals surface area contributed by atoms with Crippen molar-refractivity contribution in [3.63, 3.8) is 0 Å². The summed E-state index contributed by atoms with van der Waals surface area (Å²) < 4.78 is 15.8. The quantitative estimate of drug-likeness (QED) is 0.586. The topological polar surface area (TPSA) is 53.7 Å². The summed E-state index contributed by atoms with van der Waals surface area (Å²) in [6.07, 6.45) is 0. The van der Waals surface area contributed by atoms with Crippen LogP contribution in [0.25, 0.3) is 0 Å². The summed E-state index contributed by atoms with van der Waals surface area (Å²) in [5.41, 5.74) is 5.11. The molecular formula is C7H15NO3. The summed E-state index contributed by atoms with van der Waals surface area (Å²) in [6, 6.07) is 0. The van der Waals surface area contributed by atoms with Gasteiger partial charge in [-0.25, -0.2) is 0 Å². The van der Waals surface area contributed by atoms with E-state index < -0.39 is 5.60 Å². The lowest BCUT2D eigenvalue weighted by molar-refractivity contribution is -0.0778. The average molecular weight is 161 g/mol. The summed E-state index contributed by atoms with van der Waals surface area (Å²) in [5.74, 6) is 0. The van der Waals surface area contributed by atoms with E-state index in [1.165, 1.54) is 0 Å². The molecule has 2 N–H and O–H groups in total. The molecule has 66 valence electrons. The Morgan fingerprint density at radius 3 is 2.27 bits per heavy atom. The molecular weight excluding hydrogens is 146 g/mol. The maximum Gasteiger partial charge on any atom is 0.126 e. The molecule has 1 aliphatic rings. The summed E-state index contributed by atoms with van der Waals surface area (Å²) in [5, 5.41) is 0. The molecule has 11 heavy (non-hydrogen) atoms. The van der Waals surface area contributed by atoms with Gasteiger partial charge in [-0.1, -0.05) is 0 Å². The predicted molar refractivity (Wildman–Crippen MR) is 40.4 cm³/mol. The Morgan fingerprint density at radius 1 is 1.36 bits per heavy atom. The van der Waals surface area contributed by atoms with Crippen LogP contribution in [0.3, 0.4) is 0 Å². The molecule has 0 unspecified atom stereocenters. The highest BCUT2D eigenvalue weighted by atomic mass is 16.6. The van der Waals surface area contributed by atoms with Gasteiger partial charge in [0.15, 0.2) is 0 Å². The van der Waals surface area contributed by atoms with Gasteiger partial charge in [0.2, 0.25) is 0 Å². The molecule has 1 heterocycles. The second-order valence-corrected chi connectivity index (χ2v) is 2.70. The molecule has 0 bridgehead atoms. The molecule has 0 amide bonds. The first kappa shape index (κ1) is 8.93. The molecule has 0 aromatic rings. The van der Waals surface area contributed by atoms with E-state index in [9.17, 15) is 0 Å². The first-order valence-electron chi connectivity index (χ1n) is 3.74. The van der Waals surface area contributed by atoms with Gasteiger partial charge in [0.25, 0.3) is 0 Å². The molecule has 0 aliphatic carbocycles. The zero-order valence-electron chi connectivity index (χ0n) is 6.84. The van der Waals surface area contributed by atoms with Crippen molar-refractivity contribution in [1.82, 2.24) is 0 Å². The fourth-order valence-corrected chi connectivity index (χ4v) is 0.995. The number of hydrogen-bond acceptors (Lipinski definition) is 4. The lowest BCUT2D eigenvalue weighted by Gasteiger charge is -2.27. The SMILES string of the molecule is COC1(CN)COCCOC1. The number of ether oxygens (including phenoxy) is 3. The minimum atomic E-state index is -0.420. The fourth-order valence-electron chi connectivity index (χ4n) is 0.995. The molecule has 0 atom stereocenters. The van der Waals surface area contributed by atoms with E-state index in [-0.39, 0.29) is 0 Å². The van der Waals surface area contributed by atoms with Gasteiger partial charge in [-0.15, -0.1) is 0 Å². The molecule has 4 heteroatoms. The average Bonchev–Trinajstić information content (AvgIpc) is 2.30. The first-order valence-corrected chi connectivity index (χ1v) is 3.74. The zero-order valence-corrected chi connectivity index (χ0v) is 6.84. The molecule has 0 aromatic heterocycles. The lowest BCUT2D eigenvalue weighted by Crippen LogP contribution is -2.47. The molecule has 0 spiro atoms. The van der Waals surface area contributed by atoms with Crippen molar-refractivity contribution in [2.24, 2.45) is 5.73 Å². The molecule has 1 aliphatic heterocycles. The van der Waals surface area contributed by atoms with Crippen LogP contribution in [-0.2, 0) is 14.2 Å². The van der Waals surface area contributed by atoms with Crippen molar-refractivity contribution in [2.45, 2.75) is 5.60 Å². The van der Waals surface area contributed by atoms with Gasteiger partial charge in [0.05, 0.1) is 26.4 Å². The highest BCUT2D eigenvalue weighted by Gasteiger charge is 2.30. The van der Waals surface area contributed by atoms with E-state index in [0.29, 0.717) is 33.0 Å². The molecule has 4 nitrogen and oxygen atoms in total. The van der Waals surface area contributed by atoms with Crippen LogP contribution in [0.4, 0.5) is 0 Å². The van der Waals surface area contributed by atoms with Crippen molar-refractivity contribution < 1.29 is 14.2 Å². The van der Waals surface area contributed by atoms with Crippen LogP contribution < -0.4 is 5.73 Å². The lowest BCUT2D eigenvalue weighted by atomic mass is 10.1. The molecule has 0 saturated carbocycles. The molecule has 1 fully saturated rings. The Bertz CT molecular complexity index is 104. The summed E-state index contributed by atoms with van der Waals surface area (Å²) in [4.78, 5) is 0. The van der Waals surface area contributed by atoms with Gasteiger partial charge in [-0.3, -0.25) is 0 Å². The highest BCUT2D eigenvalue weighted by molar-refractivity contribution is 4.82. The third kappa shape index (κ3) is 2.13. The Morgan fingerprint density at radius 2 is 1.91 bits per heavy atom. The van der Waals surface area contributed by atoms with E-state index in [4.69, 9.17) is 19.9 Å². The Balaban J connectivity index is 2.49. The van der Waals surface area contributed by atoms with Crippen LogP contribution in [-0.4, -0.2) is 45.7 Å². The van der Waals surface area contributed by atoms with Gasteiger partial charge >= 0.3 is 0 Å². The van der Waals surface area contributed by atoms with E-state index >= 15 is 0 Å². The second-order valence-electron chi connectivity index (χ2n) is 2.70. The molecule has 1 saturated heterocycles. The molecule has 0 aromatic carbocycles. The van der Waals surface area contributed by atoms with Crippen molar-refractivity contribution in [3.8, 4) is 0 Å². The standard InChI is InChI=1S/C7H15NO3/c1-9-7(4-8)5-10-2-3-11-6-7/h2-6,8H2,1H3. The van der Waals surface area contributed by atoms with Crippen molar-refractivity contribution >= 4 is 0 Å². The fraction of sp³-hybridized carbons (Fsp3) is 1.00. The van der Waals surface area contributed by atoms with Gasteiger partial charge in [-0.05, 0) is 0 Å². The van der Waals surface area contributed by atoms with Gasteiger partial charge in [-0.2, -0.15) is 0 Å². The Labute approximate surface area is 66.6 Å². The van der Waals surface area contributed by atoms with Gasteiger partial charge < -0.3 is 19.9 Å². The maximum atomic E-state index is 5.53. The number of nitrogens with two attached hydrogens (primary N) is 1. The highest BCUT2D eigenvalue weighted by Crippen LogP contribution is 2.12. The molecule has 0 radical (unpaired) electrons. The summed E-state index contributed by atoms with van der Waals surface area (Å²) in [6.45, 7) is 2.75. The third-order valence-corrected chi connectivity index (χ3v) is 1.91. The minimum absolute atomic E-state index is 0.420. The van der Waals surface area contributed by atoms with Crippen molar-refractivity contribution in [3.05, 3.63) is 0 Å². The monoisotopic (exact) mass is 161 g/mol. The summed E-state index contributed by atoms with van der Waals surface area (Å²) >= 11 is 0. The zero-order chi connectivity index (χ0) is 8.16. The van der Waals surface area contributed by atoms with Crippen molar-refractivity contribution in [2.75, 3.05) is 40.1 Å².